The third kappa shape index (κ3) is 2.05. The number of pyridine rings is 1. The van der Waals surface area contributed by atoms with E-state index in [0.717, 1.165) is 25.3 Å². The van der Waals surface area contributed by atoms with Gasteiger partial charge in [0.1, 0.15) is 6.04 Å². The topological polar surface area (TPSA) is 70.5 Å². The Kier molecular flexibility index (Phi) is 3.16. The van der Waals surface area contributed by atoms with Crippen LogP contribution in [0.2, 0.25) is 0 Å². The monoisotopic (exact) mass is 278 g/mol. The van der Waals surface area contributed by atoms with Gasteiger partial charge in [-0.05, 0) is 30.7 Å². The standard InChI is InChI=1S/C14H15FN2O3/c15-11-6-8(4-5-16-11)13(18)17-7-9-2-1-3-10(9)12(17)14(19)20/h4-6,9-10,12H,1-3,7H2,(H,19,20). The zero-order valence-electron chi connectivity index (χ0n) is 10.8. The summed E-state index contributed by atoms with van der Waals surface area (Å²) in [4.78, 5) is 28.7. The van der Waals surface area contributed by atoms with Gasteiger partial charge in [-0.1, -0.05) is 6.42 Å². The zero-order valence-corrected chi connectivity index (χ0v) is 10.8. The number of nitrogens with zero attached hydrogens (tertiary/aromatic N) is 2. The number of hydrogen-bond acceptors (Lipinski definition) is 3. The molecule has 1 saturated carbocycles. The molecule has 0 spiro atoms. The molecule has 1 aromatic heterocycles. The summed E-state index contributed by atoms with van der Waals surface area (Å²) in [6.07, 6.45) is 4.04. The molecule has 2 heterocycles. The summed E-state index contributed by atoms with van der Waals surface area (Å²) in [5, 5.41) is 9.40. The molecule has 20 heavy (non-hydrogen) atoms. The molecule has 0 radical (unpaired) electrons. The molecule has 3 unspecified atom stereocenters. The molecule has 1 N–H and O–H groups in total. The lowest BCUT2D eigenvalue weighted by Gasteiger charge is -2.24. The van der Waals surface area contributed by atoms with Crippen LogP contribution in [0.15, 0.2) is 18.3 Å². The van der Waals surface area contributed by atoms with Crippen LogP contribution in [0.1, 0.15) is 29.6 Å². The minimum atomic E-state index is -0.970. The third-order valence-electron chi connectivity index (χ3n) is 4.38. The molecule has 6 heteroatoms. The Morgan fingerprint density at radius 2 is 2.20 bits per heavy atom. The molecule has 1 amide bonds. The summed E-state index contributed by atoms with van der Waals surface area (Å²) >= 11 is 0. The van der Waals surface area contributed by atoms with Crippen molar-refractivity contribution in [3.63, 3.8) is 0 Å². The van der Waals surface area contributed by atoms with Crippen molar-refractivity contribution in [1.82, 2.24) is 9.88 Å². The van der Waals surface area contributed by atoms with Crippen LogP contribution in [0.4, 0.5) is 4.39 Å². The number of carboxylic acids is 1. The fourth-order valence-corrected chi connectivity index (χ4v) is 3.53. The SMILES string of the molecule is O=C(O)C1C2CCCC2CN1C(=O)c1ccnc(F)c1. The Labute approximate surface area is 115 Å². The number of hydrogen-bond donors (Lipinski definition) is 1. The first-order valence-corrected chi connectivity index (χ1v) is 6.73. The summed E-state index contributed by atoms with van der Waals surface area (Å²) in [6.45, 7) is 0.449. The molecule has 2 fully saturated rings. The Morgan fingerprint density at radius 1 is 1.40 bits per heavy atom. The van der Waals surface area contributed by atoms with E-state index in [1.54, 1.807) is 0 Å². The van der Waals surface area contributed by atoms with Crippen LogP contribution in [0, 0.1) is 17.8 Å². The number of aromatic nitrogens is 1. The van der Waals surface area contributed by atoms with Gasteiger partial charge in [-0.2, -0.15) is 4.39 Å². The van der Waals surface area contributed by atoms with Crippen LogP contribution < -0.4 is 0 Å². The number of fused-ring (bicyclic) bond motifs is 1. The fourth-order valence-electron chi connectivity index (χ4n) is 3.53. The average molecular weight is 278 g/mol. The molecule has 2 aliphatic rings. The van der Waals surface area contributed by atoms with E-state index in [1.165, 1.54) is 17.2 Å². The minimum absolute atomic E-state index is 0.0307. The number of amides is 1. The van der Waals surface area contributed by atoms with Gasteiger partial charge < -0.3 is 10.0 Å². The van der Waals surface area contributed by atoms with Gasteiger partial charge in [0.25, 0.3) is 5.91 Å². The summed E-state index contributed by atoms with van der Waals surface area (Å²) in [5.74, 6) is -1.84. The molecule has 1 saturated heterocycles. The highest BCUT2D eigenvalue weighted by Crippen LogP contribution is 2.42. The van der Waals surface area contributed by atoms with Gasteiger partial charge in [-0.25, -0.2) is 9.78 Å². The van der Waals surface area contributed by atoms with Crippen molar-refractivity contribution in [2.24, 2.45) is 11.8 Å². The van der Waals surface area contributed by atoms with Gasteiger partial charge in [-0.3, -0.25) is 4.79 Å². The number of aliphatic carboxylic acids is 1. The van der Waals surface area contributed by atoms with E-state index < -0.39 is 23.9 Å². The molecule has 3 atom stereocenters. The molecular weight excluding hydrogens is 263 g/mol. The molecule has 0 aromatic carbocycles. The van der Waals surface area contributed by atoms with E-state index in [2.05, 4.69) is 4.98 Å². The molecule has 5 nitrogen and oxygen atoms in total. The maximum atomic E-state index is 13.1. The maximum absolute atomic E-state index is 13.1. The van der Waals surface area contributed by atoms with Crippen LogP contribution in [-0.4, -0.2) is 39.5 Å². The summed E-state index contributed by atoms with van der Waals surface area (Å²) in [5.41, 5.74) is 0.156. The highest BCUT2D eigenvalue weighted by molar-refractivity contribution is 5.97. The van der Waals surface area contributed by atoms with Crippen molar-refractivity contribution in [3.8, 4) is 0 Å². The van der Waals surface area contributed by atoms with E-state index in [9.17, 15) is 19.1 Å². The molecule has 0 bridgehead atoms. The second-order valence-corrected chi connectivity index (χ2v) is 5.46. The van der Waals surface area contributed by atoms with E-state index in [4.69, 9.17) is 0 Å². The van der Waals surface area contributed by atoms with Crippen molar-refractivity contribution < 1.29 is 19.1 Å². The maximum Gasteiger partial charge on any atom is 0.326 e. The van der Waals surface area contributed by atoms with Gasteiger partial charge in [0.2, 0.25) is 5.95 Å². The normalized spacial score (nSPS) is 28.4. The third-order valence-corrected chi connectivity index (χ3v) is 4.38. The van der Waals surface area contributed by atoms with Gasteiger partial charge in [-0.15, -0.1) is 0 Å². The fraction of sp³-hybridized carbons (Fsp3) is 0.500. The highest BCUT2D eigenvalue weighted by atomic mass is 19.1. The molecule has 1 aliphatic carbocycles. The molecular formula is C14H15FN2O3. The lowest BCUT2D eigenvalue weighted by molar-refractivity contribution is -0.142. The van der Waals surface area contributed by atoms with Crippen LogP contribution in [0.5, 0.6) is 0 Å². The Bertz CT molecular complexity index is 563. The first kappa shape index (κ1) is 13.0. The smallest absolute Gasteiger partial charge is 0.326 e. The van der Waals surface area contributed by atoms with E-state index >= 15 is 0 Å². The van der Waals surface area contributed by atoms with Crippen molar-refractivity contribution in [2.75, 3.05) is 6.54 Å². The Morgan fingerprint density at radius 3 is 2.90 bits per heavy atom. The quantitative estimate of drug-likeness (QED) is 0.833. The molecule has 106 valence electrons. The second kappa shape index (κ2) is 4.85. The van der Waals surface area contributed by atoms with Crippen molar-refractivity contribution in [1.29, 1.82) is 0 Å². The van der Waals surface area contributed by atoms with Gasteiger partial charge >= 0.3 is 5.97 Å². The van der Waals surface area contributed by atoms with Gasteiger partial charge in [0.15, 0.2) is 0 Å². The van der Waals surface area contributed by atoms with Crippen molar-refractivity contribution in [2.45, 2.75) is 25.3 Å². The number of carboxylic acid groups (broad SMARTS) is 1. The Balaban J connectivity index is 1.89. The lowest BCUT2D eigenvalue weighted by Crippen LogP contribution is -2.43. The average Bonchev–Trinajstić information content (AvgIpc) is 2.96. The van der Waals surface area contributed by atoms with Crippen molar-refractivity contribution >= 4 is 11.9 Å². The van der Waals surface area contributed by atoms with Crippen LogP contribution in [-0.2, 0) is 4.79 Å². The summed E-state index contributed by atoms with van der Waals surface area (Å²) in [6, 6.07) is 1.68. The number of carbonyl (C=O) groups excluding carboxylic acids is 1. The highest BCUT2D eigenvalue weighted by Gasteiger charge is 2.49. The van der Waals surface area contributed by atoms with Crippen molar-refractivity contribution in [3.05, 3.63) is 29.8 Å². The van der Waals surface area contributed by atoms with Gasteiger partial charge in [0.05, 0.1) is 0 Å². The van der Waals surface area contributed by atoms with Crippen LogP contribution in [0.3, 0.4) is 0 Å². The van der Waals surface area contributed by atoms with E-state index in [0.29, 0.717) is 6.54 Å². The first-order chi connectivity index (χ1) is 9.58. The van der Waals surface area contributed by atoms with Crippen LogP contribution >= 0.6 is 0 Å². The molecule has 1 aromatic rings. The minimum Gasteiger partial charge on any atom is -0.480 e. The van der Waals surface area contributed by atoms with E-state index in [-0.39, 0.29) is 17.4 Å². The summed E-state index contributed by atoms with van der Waals surface area (Å²) in [7, 11) is 0. The molecule has 3 rings (SSSR count). The number of rotatable bonds is 2. The predicted molar refractivity (Wildman–Crippen MR) is 67.5 cm³/mol. The summed E-state index contributed by atoms with van der Waals surface area (Å²) < 4.78 is 13.1. The van der Waals surface area contributed by atoms with Crippen LogP contribution in [0.25, 0.3) is 0 Å². The number of carbonyl (C=O) groups is 2. The van der Waals surface area contributed by atoms with Gasteiger partial charge in [0, 0.05) is 24.4 Å². The predicted octanol–water partition coefficient (Wildman–Crippen LogP) is 1.55. The first-order valence-electron chi connectivity index (χ1n) is 6.73. The van der Waals surface area contributed by atoms with E-state index in [1.807, 2.05) is 0 Å². The second-order valence-electron chi connectivity index (χ2n) is 5.46. The number of likely N-dealkylation sites (tertiary alicyclic amines) is 1. The zero-order chi connectivity index (χ0) is 14.3. The largest absolute Gasteiger partial charge is 0.480 e. The Hall–Kier alpha value is -1.98. The lowest BCUT2D eigenvalue weighted by atomic mass is 9.94. The molecule has 1 aliphatic heterocycles. The number of halogens is 1.